The quantitative estimate of drug-likeness (QED) is 0.803. The van der Waals surface area contributed by atoms with Crippen molar-refractivity contribution >= 4 is 32.6 Å². The third-order valence-electron chi connectivity index (χ3n) is 3.33. The zero-order valence-corrected chi connectivity index (χ0v) is 13.4. The van der Waals surface area contributed by atoms with Crippen LogP contribution in [0.5, 0.6) is 5.75 Å². The Balaban J connectivity index is 1.84. The first-order valence-corrected chi connectivity index (χ1v) is 7.72. The van der Waals surface area contributed by atoms with Crippen molar-refractivity contribution in [3.05, 3.63) is 35.7 Å². The van der Waals surface area contributed by atoms with Crippen molar-refractivity contribution < 1.29 is 9.53 Å². The Morgan fingerprint density at radius 3 is 2.91 bits per heavy atom. The molecule has 1 aromatic carbocycles. The summed E-state index contributed by atoms with van der Waals surface area (Å²) in [5, 5.41) is 7.62. The summed E-state index contributed by atoms with van der Waals surface area (Å²) < 4.78 is 7.94. The highest BCUT2D eigenvalue weighted by Gasteiger charge is 2.14. The molecule has 0 saturated carbocycles. The maximum Gasteiger partial charge on any atom is 0.277 e. The van der Waals surface area contributed by atoms with E-state index in [1.807, 2.05) is 32.0 Å². The molecule has 3 rings (SSSR count). The summed E-state index contributed by atoms with van der Waals surface area (Å²) in [6.45, 7) is 4.65. The fraction of sp³-hybridized carbons (Fsp3) is 0.267. The summed E-state index contributed by atoms with van der Waals surface area (Å²) in [5.41, 5.74) is 2.19. The Labute approximate surface area is 131 Å². The van der Waals surface area contributed by atoms with Crippen molar-refractivity contribution in [2.24, 2.45) is 0 Å². The van der Waals surface area contributed by atoms with Crippen LogP contribution in [0.3, 0.4) is 0 Å². The smallest absolute Gasteiger partial charge is 0.277 e. The molecule has 0 unspecified atom stereocenters. The molecule has 2 heterocycles. The number of rotatable bonds is 4. The van der Waals surface area contributed by atoms with E-state index in [2.05, 4.69) is 15.4 Å². The van der Waals surface area contributed by atoms with Gasteiger partial charge in [-0.1, -0.05) is 11.3 Å². The SMILES string of the molecule is CCn1nc(C(=O)Nc2nc3ccc(OC)cc3s2)cc1C. The van der Waals surface area contributed by atoms with Gasteiger partial charge in [-0.3, -0.25) is 14.8 Å². The third-order valence-corrected chi connectivity index (χ3v) is 4.26. The molecule has 0 aliphatic carbocycles. The Bertz CT molecular complexity index is 837. The number of thiazole rings is 1. The average molecular weight is 316 g/mol. The highest BCUT2D eigenvalue weighted by molar-refractivity contribution is 7.22. The number of nitrogens with zero attached hydrogens (tertiary/aromatic N) is 3. The lowest BCUT2D eigenvalue weighted by atomic mass is 10.3. The average Bonchev–Trinajstić information content (AvgIpc) is 3.08. The summed E-state index contributed by atoms with van der Waals surface area (Å²) >= 11 is 1.41. The standard InChI is InChI=1S/C15H16N4O2S/c1-4-19-9(2)7-12(18-19)14(20)17-15-16-11-6-5-10(21-3)8-13(11)22-15/h5-8H,4H2,1-3H3,(H,16,17,20). The number of amides is 1. The van der Waals surface area contributed by atoms with Gasteiger partial charge >= 0.3 is 0 Å². The second-order valence-corrected chi connectivity index (χ2v) is 5.82. The number of ether oxygens (including phenoxy) is 1. The molecule has 0 spiro atoms. The molecule has 0 aliphatic heterocycles. The monoisotopic (exact) mass is 316 g/mol. The minimum atomic E-state index is -0.249. The van der Waals surface area contributed by atoms with Gasteiger partial charge in [0, 0.05) is 12.2 Å². The van der Waals surface area contributed by atoms with Crippen molar-refractivity contribution in [2.75, 3.05) is 12.4 Å². The zero-order valence-electron chi connectivity index (χ0n) is 12.6. The Hall–Kier alpha value is -2.41. The van der Waals surface area contributed by atoms with Crippen molar-refractivity contribution in [3.63, 3.8) is 0 Å². The first-order chi connectivity index (χ1) is 10.6. The van der Waals surface area contributed by atoms with Crippen LogP contribution in [0.4, 0.5) is 5.13 Å². The lowest BCUT2D eigenvalue weighted by Gasteiger charge is -1.98. The number of aryl methyl sites for hydroxylation is 2. The molecule has 0 aliphatic rings. The fourth-order valence-electron chi connectivity index (χ4n) is 2.19. The van der Waals surface area contributed by atoms with Crippen molar-refractivity contribution in [2.45, 2.75) is 20.4 Å². The number of aromatic nitrogens is 3. The van der Waals surface area contributed by atoms with E-state index >= 15 is 0 Å². The lowest BCUT2D eigenvalue weighted by Crippen LogP contribution is -2.13. The fourth-order valence-corrected chi connectivity index (χ4v) is 3.08. The Kier molecular flexibility index (Phi) is 3.81. The van der Waals surface area contributed by atoms with Crippen LogP contribution in [0.25, 0.3) is 10.2 Å². The van der Waals surface area contributed by atoms with Crippen LogP contribution in [0, 0.1) is 6.92 Å². The number of carbonyl (C=O) groups is 1. The molecule has 22 heavy (non-hydrogen) atoms. The number of benzene rings is 1. The van der Waals surface area contributed by atoms with E-state index in [1.165, 1.54) is 11.3 Å². The van der Waals surface area contributed by atoms with Gasteiger partial charge in [-0.2, -0.15) is 5.10 Å². The molecule has 0 bridgehead atoms. The molecule has 2 aromatic heterocycles. The molecule has 1 amide bonds. The molecular formula is C15H16N4O2S. The minimum absolute atomic E-state index is 0.249. The molecule has 0 saturated heterocycles. The van der Waals surface area contributed by atoms with E-state index in [9.17, 15) is 4.79 Å². The third kappa shape index (κ3) is 2.67. The first kappa shape index (κ1) is 14.5. The van der Waals surface area contributed by atoms with Crippen molar-refractivity contribution in [1.82, 2.24) is 14.8 Å². The topological polar surface area (TPSA) is 69.0 Å². The highest BCUT2D eigenvalue weighted by atomic mass is 32.1. The van der Waals surface area contributed by atoms with Gasteiger partial charge < -0.3 is 4.74 Å². The van der Waals surface area contributed by atoms with E-state index in [0.717, 1.165) is 28.2 Å². The number of fused-ring (bicyclic) bond motifs is 1. The van der Waals surface area contributed by atoms with E-state index < -0.39 is 0 Å². The predicted molar refractivity (Wildman–Crippen MR) is 86.8 cm³/mol. The van der Waals surface area contributed by atoms with Crippen LogP contribution in [-0.4, -0.2) is 27.8 Å². The van der Waals surface area contributed by atoms with E-state index in [4.69, 9.17) is 4.74 Å². The molecule has 6 nitrogen and oxygen atoms in total. The number of nitrogens with one attached hydrogen (secondary N) is 1. The van der Waals surface area contributed by atoms with Gasteiger partial charge in [-0.05, 0) is 38.1 Å². The highest BCUT2D eigenvalue weighted by Crippen LogP contribution is 2.29. The van der Waals surface area contributed by atoms with E-state index in [-0.39, 0.29) is 5.91 Å². The van der Waals surface area contributed by atoms with Crippen LogP contribution in [0.2, 0.25) is 0 Å². The second-order valence-electron chi connectivity index (χ2n) is 4.79. The lowest BCUT2D eigenvalue weighted by molar-refractivity contribution is 0.102. The Morgan fingerprint density at radius 2 is 2.23 bits per heavy atom. The number of carbonyl (C=O) groups excluding carboxylic acids is 1. The van der Waals surface area contributed by atoms with Crippen molar-refractivity contribution in [3.8, 4) is 5.75 Å². The second kappa shape index (κ2) is 5.76. The summed E-state index contributed by atoms with van der Waals surface area (Å²) in [6, 6.07) is 7.39. The number of hydrogen-bond acceptors (Lipinski definition) is 5. The van der Waals surface area contributed by atoms with E-state index in [1.54, 1.807) is 17.9 Å². The van der Waals surface area contributed by atoms with E-state index in [0.29, 0.717) is 10.8 Å². The summed E-state index contributed by atoms with van der Waals surface area (Å²) in [4.78, 5) is 16.6. The van der Waals surface area contributed by atoms with Gasteiger partial charge in [0.1, 0.15) is 5.75 Å². The molecule has 114 valence electrons. The van der Waals surface area contributed by atoms with Crippen LogP contribution in [-0.2, 0) is 6.54 Å². The van der Waals surface area contributed by atoms with Gasteiger partial charge in [-0.15, -0.1) is 0 Å². The predicted octanol–water partition coefficient (Wildman–Crippen LogP) is 3.08. The normalized spacial score (nSPS) is 10.9. The molecule has 0 radical (unpaired) electrons. The van der Waals surface area contributed by atoms with Gasteiger partial charge in [0.15, 0.2) is 10.8 Å². The van der Waals surface area contributed by atoms with Crippen molar-refractivity contribution in [1.29, 1.82) is 0 Å². The van der Waals surface area contributed by atoms with Crippen LogP contribution < -0.4 is 10.1 Å². The summed E-state index contributed by atoms with van der Waals surface area (Å²) in [6.07, 6.45) is 0. The molecule has 1 N–H and O–H groups in total. The number of hydrogen-bond donors (Lipinski definition) is 1. The summed E-state index contributed by atoms with van der Waals surface area (Å²) in [5.74, 6) is 0.521. The zero-order chi connectivity index (χ0) is 15.7. The van der Waals surface area contributed by atoms with Gasteiger partial charge in [0.2, 0.25) is 0 Å². The van der Waals surface area contributed by atoms with Gasteiger partial charge in [-0.25, -0.2) is 4.98 Å². The van der Waals surface area contributed by atoms with Gasteiger partial charge in [0.25, 0.3) is 5.91 Å². The molecule has 0 fully saturated rings. The molecule has 0 atom stereocenters. The maximum absolute atomic E-state index is 12.3. The van der Waals surface area contributed by atoms with Gasteiger partial charge in [0.05, 0.1) is 17.3 Å². The number of anilines is 1. The summed E-state index contributed by atoms with van der Waals surface area (Å²) in [7, 11) is 1.62. The largest absolute Gasteiger partial charge is 0.497 e. The maximum atomic E-state index is 12.3. The van der Waals surface area contributed by atoms with Crippen LogP contribution >= 0.6 is 11.3 Å². The van der Waals surface area contributed by atoms with Crippen LogP contribution in [0.1, 0.15) is 23.1 Å². The number of methoxy groups -OCH3 is 1. The molecule has 7 heteroatoms. The molecular weight excluding hydrogens is 300 g/mol. The Morgan fingerprint density at radius 1 is 1.41 bits per heavy atom. The minimum Gasteiger partial charge on any atom is -0.497 e. The molecule has 3 aromatic rings. The van der Waals surface area contributed by atoms with Crippen LogP contribution in [0.15, 0.2) is 24.3 Å². The first-order valence-electron chi connectivity index (χ1n) is 6.91.